The van der Waals surface area contributed by atoms with E-state index in [1.165, 1.54) is 5.39 Å². The van der Waals surface area contributed by atoms with Gasteiger partial charge in [0.05, 0.1) is 0 Å². The van der Waals surface area contributed by atoms with Crippen molar-refractivity contribution in [2.45, 2.75) is 39.7 Å². The standard InChI is InChI=1S/C20H22N4O/c1-12-7-16-8-14(3-5-18(16)23-12)10-22-20(25)15-4-6-19-17(9-15)11-21-13(2)24-19/h3,5,7-8,11,15,23H,4,6,9-10H2,1-2H3,(H,22,25). The Balaban J connectivity index is 1.40. The lowest BCUT2D eigenvalue weighted by Gasteiger charge is -2.23. The summed E-state index contributed by atoms with van der Waals surface area (Å²) in [5, 5.41) is 4.28. The molecule has 2 aromatic heterocycles. The maximum atomic E-state index is 12.6. The molecule has 3 aromatic rings. The molecule has 128 valence electrons. The van der Waals surface area contributed by atoms with Crippen molar-refractivity contribution in [1.29, 1.82) is 0 Å². The minimum Gasteiger partial charge on any atom is -0.359 e. The van der Waals surface area contributed by atoms with Crippen molar-refractivity contribution < 1.29 is 4.79 Å². The van der Waals surface area contributed by atoms with Crippen molar-refractivity contribution in [3.63, 3.8) is 0 Å². The summed E-state index contributed by atoms with van der Waals surface area (Å²) >= 11 is 0. The number of nitrogens with zero attached hydrogens (tertiary/aromatic N) is 2. The number of fused-ring (bicyclic) bond motifs is 2. The van der Waals surface area contributed by atoms with Gasteiger partial charge in [-0.3, -0.25) is 4.79 Å². The predicted octanol–water partition coefficient (Wildman–Crippen LogP) is 3.00. The summed E-state index contributed by atoms with van der Waals surface area (Å²) in [5.41, 5.74) is 5.61. The van der Waals surface area contributed by atoms with E-state index in [4.69, 9.17) is 0 Å². The monoisotopic (exact) mass is 334 g/mol. The number of hydrogen-bond donors (Lipinski definition) is 2. The Morgan fingerprint density at radius 1 is 1.32 bits per heavy atom. The van der Waals surface area contributed by atoms with Gasteiger partial charge in [-0.1, -0.05) is 6.07 Å². The normalized spacial score (nSPS) is 16.6. The van der Waals surface area contributed by atoms with E-state index in [9.17, 15) is 4.79 Å². The summed E-state index contributed by atoms with van der Waals surface area (Å²) in [4.78, 5) is 24.6. The van der Waals surface area contributed by atoms with Gasteiger partial charge in [-0.2, -0.15) is 0 Å². The Morgan fingerprint density at radius 3 is 3.08 bits per heavy atom. The third kappa shape index (κ3) is 3.27. The number of aromatic amines is 1. The molecule has 0 radical (unpaired) electrons. The number of carbonyl (C=O) groups excluding carboxylic acids is 1. The van der Waals surface area contributed by atoms with E-state index < -0.39 is 0 Å². The fraction of sp³-hybridized carbons (Fsp3) is 0.350. The van der Waals surface area contributed by atoms with E-state index in [0.29, 0.717) is 6.54 Å². The topological polar surface area (TPSA) is 70.7 Å². The van der Waals surface area contributed by atoms with E-state index in [1.54, 1.807) is 0 Å². The Bertz CT molecular complexity index is 944. The second kappa shape index (κ2) is 6.31. The highest BCUT2D eigenvalue weighted by Gasteiger charge is 2.25. The van der Waals surface area contributed by atoms with Gasteiger partial charge in [0.1, 0.15) is 5.82 Å². The van der Waals surface area contributed by atoms with Crippen molar-refractivity contribution in [1.82, 2.24) is 20.3 Å². The number of aromatic nitrogens is 3. The average Bonchev–Trinajstić information content (AvgIpc) is 2.98. The van der Waals surface area contributed by atoms with Crippen molar-refractivity contribution in [3.8, 4) is 0 Å². The fourth-order valence-corrected chi connectivity index (χ4v) is 3.60. The average molecular weight is 334 g/mol. The first-order valence-corrected chi connectivity index (χ1v) is 8.76. The van der Waals surface area contributed by atoms with Crippen LogP contribution in [0, 0.1) is 19.8 Å². The Labute approximate surface area is 146 Å². The molecule has 5 nitrogen and oxygen atoms in total. The van der Waals surface area contributed by atoms with Gasteiger partial charge in [-0.05, 0) is 67.8 Å². The molecule has 5 heteroatoms. The lowest BCUT2D eigenvalue weighted by atomic mass is 9.86. The molecule has 2 N–H and O–H groups in total. The number of H-pyrrole nitrogens is 1. The molecule has 25 heavy (non-hydrogen) atoms. The van der Waals surface area contributed by atoms with E-state index in [0.717, 1.165) is 53.1 Å². The Morgan fingerprint density at radius 2 is 2.20 bits per heavy atom. The number of benzene rings is 1. The third-order valence-electron chi connectivity index (χ3n) is 4.93. The maximum absolute atomic E-state index is 12.6. The fourth-order valence-electron chi connectivity index (χ4n) is 3.60. The molecular weight excluding hydrogens is 312 g/mol. The van der Waals surface area contributed by atoms with Crippen LogP contribution in [-0.4, -0.2) is 20.9 Å². The smallest absolute Gasteiger partial charge is 0.223 e. The molecule has 1 atom stereocenters. The SMILES string of the molecule is Cc1ncc2c(n1)CCC(C(=O)NCc1ccc3[nH]c(C)cc3c1)C2. The highest BCUT2D eigenvalue weighted by atomic mass is 16.1. The highest BCUT2D eigenvalue weighted by molar-refractivity contribution is 5.82. The van der Waals surface area contributed by atoms with Crippen molar-refractivity contribution in [2.75, 3.05) is 0 Å². The van der Waals surface area contributed by atoms with Crippen LogP contribution in [0.15, 0.2) is 30.5 Å². The molecule has 1 amide bonds. The molecule has 0 spiro atoms. The van der Waals surface area contributed by atoms with Crippen molar-refractivity contribution in [3.05, 3.63) is 58.8 Å². The summed E-state index contributed by atoms with van der Waals surface area (Å²) < 4.78 is 0. The molecule has 1 unspecified atom stereocenters. The quantitative estimate of drug-likeness (QED) is 0.773. The van der Waals surface area contributed by atoms with Gasteiger partial charge in [-0.25, -0.2) is 9.97 Å². The number of nitrogens with one attached hydrogen (secondary N) is 2. The predicted molar refractivity (Wildman–Crippen MR) is 97.2 cm³/mol. The van der Waals surface area contributed by atoms with Crippen LogP contribution in [0.4, 0.5) is 0 Å². The zero-order valence-corrected chi connectivity index (χ0v) is 14.6. The van der Waals surface area contributed by atoms with Gasteiger partial charge < -0.3 is 10.3 Å². The van der Waals surface area contributed by atoms with E-state index in [-0.39, 0.29) is 11.8 Å². The molecule has 1 aliphatic carbocycles. The lowest BCUT2D eigenvalue weighted by Crippen LogP contribution is -2.34. The number of amides is 1. The van der Waals surface area contributed by atoms with Crippen LogP contribution in [0.5, 0.6) is 0 Å². The summed E-state index contributed by atoms with van der Waals surface area (Å²) in [6.07, 6.45) is 4.31. The van der Waals surface area contributed by atoms with Crippen LogP contribution in [-0.2, 0) is 24.2 Å². The summed E-state index contributed by atoms with van der Waals surface area (Å²) in [6.45, 7) is 4.52. The molecule has 0 fully saturated rings. The van der Waals surface area contributed by atoms with E-state index >= 15 is 0 Å². The first-order valence-electron chi connectivity index (χ1n) is 8.76. The van der Waals surface area contributed by atoms with E-state index in [2.05, 4.69) is 44.5 Å². The van der Waals surface area contributed by atoms with Crippen LogP contribution in [0.2, 0.25) is 0 Å². The zero-order valence-electron chi connectivity index (χ0n) is 14.6. The second-order valence-electron chi connectivity index (χ2n) is 6.92. The molecule has 1 aromatic carbocycles. The minimum absolute atomic E-state index is 0.0111. The Kier molecular flexibility index (Phi) is 3.99. The van der Waals surface area contributed by atoms with Gasteiger partial charge in [0.25, 0.3) is 0 Å². The summed E-state index contributed by atoms with van der Waals surface area (Å²) in [7, 11) is 0. The molecule has 2 heterocycles. The minimum atomic E-state index is 0.0111. The highest BCUT2D eigenvalue weighted by Crippen LogP contribution is 2.24. The maximum Gasteiger partial charge on any atom is 0.223 e. The van der Waals surface area contributed by atoms with Crippen LogP contribution in [0.25, 0.3) is 10.9 Å². The van der Waals surface area contributed by atoms with Crippen LogP contribution < -0.4 is 5.32 Å². The number of hydrogen-bond acceptors (Lipinski definition) is 3. The molecule has 0 aliphatic heterocycles. The van der Waals surface area contributed by atoms with Gasteiger partial charge in [0.2, 0.25) is 5.91 Å². The molecule has 0 saturated heterocycles. The molecular formula is C20H22N4O. The number of carbonyl (C=O) groups is 1. The second-order valence-corrected chi connectivity index (χ2v) is 6.92. The van der Waals surface area contributed by atoms with Crippen molar-refractivity contribution >= 4 is 16.8 Å². The first kappa shape index (κ1) is 15.8. The Hall–Kier alpha value is -2.69. The van der Waals surface area contributed by atoms with Gasteiger partial charge in [0.15, 0.2) is 0 Å². The largest absolute Gasteiger partial charge is 0.359 e. The number of aryl methyl sites for hydroxylation is 3. The van der Waals surface area contributed by atoms with Crippen LogP contribution in [0.3, 0.4) is 0 Å². The van der Waals surface area contributed by atoms with Crippen molar-refractivity contribution in [2.24, 2.45) is 5.92 Å². The molecule has 0 saturated carbocycles. The molecule has 1 aliphatic rings. The lowest BCUT2D eigenvalue weighted by molar-refractivity contribution is -0.125. The number of rotatable bonds is 3. The molecule has 0 bridgehead atoms. The van der Waals surface area contributed by atoms with Gasteiger partial charge in [0, 0.05) is 35.6 Å². The third-order valence-corrected chi connectivity index (χ3v) is 4.93. The zero-order chi connectivity index (χ0) is 17.4. The van der Waals surface area contributed by atoms with E-state index in [1.807, 2.05) is 20.0 Å². The summed E-state index contributed by atoms with van der Waals surface area (Å²) in [5.74, 6) is 0.936. The van der Waals surface area contributed by atoms with Gasteiger partial charge >= 0.3 is 0 Å². The van der Waals surface area contributed by atoms with Crippen LogP contribution >= 0.6 is 0 Å². The molecule has 4 rings (SSSR count). The summed E-state index contributed by atoms with van der Waals surface area (Å²) in [6, 6.07) is 8.39. The first-order chi connectivity index (χ1) is 12.1. The van der Waals surface area contributed by atoms with Crippen LogP contribution in [0.1, 0.15) is 34.8 Å². The van der Waals surface area contributed by atoms with Gasteiger partial charge in [-0.15, -0.1) is 0 Å².